The van der Waals surface area contributed by atoms with Crippen LogP contribution in [-0.2, 0) is 6.54 Å². The lowest BCUT2D eigenvalue weighted by molar-refractivity contribution is 0.0761. The zero-order chi connectivity index (χ0) is 17.5. The van der Waals surface area contributed by atoms with E-state index in [9.17, 15) is 9.59 Å². The summed E-state index contributed by atoms with van der Waals surface area (Å²) in [6.07, 6.45) is 7.95. The predicted molar refractivity (Wildman–Crippen MR) is 96.2 cm³/mol. The normalized spacial score (nSPS) is 14.6. The molecule has 1 saturated heterocycles. The van der Waals surface area contributed by atoms with Gasteiger partial charge in [-0.25, -0.2) is 0 Å². The highest BCUT2D eigenvalue weighted by atomic mass is 16.2. The molecule has 1 aliphatic rings. The quantitative estimate of drug-likeness (QED) is 0.933. The lowest BCUT2D eigenvalue weighted by Gasteiger charge is -2.20. The summed E-state index contributed by atoms with van der Waals surface area (Å²) in [5.41, 5.74) is 2.14. The largest absolute Gasteiger partial charge is 0.348 e. The first-order valence-electron chi connectivity index (χ1n) is 8.80. The van der Waals surface area contributed by atoms with Crippen molar-refractivity contribution in [2.45, 2.75) is 32.2 Å². The Labute approximate surface area is 148 Å². The molecule has 1 aromatic heterocycles. The monoisotopic (exact) mass is 337 g/mol. The minimum absolute atomic E-state index is 0.0595. The van der Waals surface area contributed by atoms with Crippen molar-refractivity contribution < 1.29 is 9.59 Å². The van der Waals surface area contributed by atoms with E-state index in [1.165, 1.54) is 12.8 Å². The number of amides is 2. The van der Waals surface area contributed by atoms with Crippen LogP contribution >= 0.6 is 0 Å². The molecule has 1 aromatic carbocycles. The molecule has 0 unspecified atom stereocenters. The summed E-state index contributed by atoms with van der Waals surface area (Å²) in [6.45, 7) is 2.08. The highest BCUT2D eigenvalue weighted by Crippen LogP contribution is 2.14. The van der Waals surface area contributed by atoms with Crippen molar-refractivity contribution in [3.63, 3.8) is 0 Å². The molecular weight excluding hydrogens is 314 g/mol. The van der Waals surface area contributed by atoms with Crippen LogP contribution in [0.15, 0.2) is 48.8 Å². The summed E-state index contributed by atoms with van der Waals surface area (Å²) in [4.78, 5) is 30.7. The van der Waals surface area contributed by atoms with Crippen molar-refractivity contribution in [2.75, 3.05) is 13.1 Å². The number of benzene rings is 1. The zero-order valence-electron chi connectivity index (χ0n) is 14.3. The maximum atomic E-state index is 12.6. The van der Waals surface area contributed by atoms with Gasteiger partial charge in [-0.3, -0.25) is 14.6 Å². The molecule has 1 aliphatic heterocycles. The summed E-state index contributed by atoms with van der Waals surface area (Å²) in [6, 6.07) is 10.7. The number of hydrogen-bond acceptors (Lipinski definition) is 3. The third-order valence-electron chi connectivity index (χ3n) is 4.46. The smallest absolute Gasteiger partial charge is 0.253 e. The molecular formula is C20H23N3O2. The molecule has 3 rings (SSSR count). The van der Waals surface area contributed by atoms with E-state index in [4.69, 9.17) is 0 Å². The first-order chi connectivity index (χ1) is 12.2. The molecule has 2 heterocycles. The maximum Gasteiger partial charge on any atom is 0.253 e. The topological polar surface area (TPSA) is 62.3 Å². The van der Waals surface area contributed by atoms with Crippen LogP contribution in [0.4, 0.5) is 0 Å². The van der Waals surface area contributed by atoms with Gasteiger partial charge in [0.1, 0.15) is 0 Å². The van der Waals surface area contributed by atoms with E-state index in [2.05, 4.69) is 10.3 Å². The van der Waals surface area contributed by atoms with Crippen LogP contribution in [-0.4, -0.2) is 34.8 Å². The molecule has 25 heavy (non-hydrogen) atoms. The Kier molecular flexibility index (Phi) is 5.77. The van der Waals surface area contributed by atoms with Gasteiger partial charge in [-0.2, -0.15) is 0 Å². The molecule has 1 fully saturated rings. The molecule has 0 radical (unpaired) electrons. The lowest BCUT2D eigenvalue weighted by Crippen LogP contribution is -2.31. The van der Waals surface area contributed by atoms with E-state index in [0.717, 1.165) is 31.5 Å². The Morgan fingerprint density at radius 2 is 1.64 bits per heavy atom. The van der Waals surface area contributed by atoms with Crippen LogP contribution in [0.3, 0.4) is 0 Å². The Morgan fingerprint density at radius 1 is 0.960 bits per heavy atom. The fraction of sp³-hybridized carbons (Fsp3) is 0.350. The molecule has 0 saturated carbocycles. The molecule has 0 aliphatic carbocycles. The summed E-state index contributed by atoms with van der Waals surface area (Å²) in [7, 11) is 0. The lowest BCUT2D eigenvalue weighted by atomic mass is 10.1. The van der Waals surface area contributed by atoms with E-state index >= 15 is 0 Å². The van der Waals surface area contributed by atoms with Crippen LogP contribution in [0.25, 0.3) is 0 Å². The molecule has 1 N–H and O–H groups in total. The van der Waals surface area contributed by atoms with Crippen LogP contribution in [0, 0.1) is 0 Å². The van der Waals surface area contributed by atoms with Crippen LogP contribution < -0.4 is 5.32 Å². The second-order valence-corrected chi connectivity index (χ2v) is 6.33. The van der Waals surface area contributed by atoms with Crippen molar-refractivity contribution in [3.8, 4) is 0 Å². The van der Waals surface area contributed by atoms with Crippen LogP contribution in [0.5, 0.6) is 0 Å². The van der Waals surface area contributed by atoms with Gasteiger partial charge in [0.15, 0.2) is 0 Å². The standard InChI is InChI=1S/C20H23N3O2/c24-19(22-15-16-6-5-11-21-14-16)17-7-9-18(10-8-17)20(25)23-12-3-1-2-4-13-23/h5-11,14H,1-4,12-13,15H2,(H,22,24). The molecule has 5 heteroatoms. The number of aromatic nitrogens is 1. The summed E-state index contributed by atoms with van der Waals surface area (Å²) in [5.74, 6) is -0.0955. The Morgan fingerprint density at radius 3 is 2.28 bits per heavy atom. The maximum absolute atomic E-state index is 12.6. The van der Waals surface area contributed by atoms with Gasteiger partial charge in [0, 0.05) is 43.2 Å². The number of pyridine rings is 1. The van der Waals surface area contributed by atoms with Gasteiger partial charge >= 0.3 is 0 Å². The highest BCUT2D eigenvalue weighted by molar-refractivity contribution is 5.97. The fourth-order valence-electron chi connectivity index (χ4n) is 3.01. The van der Waals surface area contributed by atoms with Crippen LogP contribution in [0.2, 0.25) is 0 Å². The summed E-state index contributed by atoms with van der Waals surface area (Å²) >= 11 is 0. The average Bonchev–Trinajstić information content (AvgIpc) is 2.96. The van der Waals surface area contributed by atoms with E-state index < -0.39 is 0 Å². The zero-order valence-corrected chi connectivity index (χ0v) is 14.3. The van der Waals surface area contributed by atoms with Crippen LogP contribution in [0.1, 0.15) is 52.0 Å². The first kappa shape index (κ1) is 17.1. The van der Waals surface area contributed by atoms with Gasteiger partial charge in [0.05, 0.1) is 0 Å². The number of rotatable bonds is 4. The van der Waals surface area contributed by atoms with Gasteiger partial charge in [0.2, 0.25) is 0 Å². The third-order valence-corrected chi connectivity index (χ3v) is 4.46. The third kappa shape index (κ3) is 4.66. The molecule has 5 nitrogen and oxygen atoms in total. The Balaban J connectivity index is 1.59. The number of hydrogen-bond donors (Lipinski definition) is 1. The minimum atomic E-state index is -0.155. The average molecular weight is 337 g/mol. The minimum Gasteiger partial charge on any atom is -0.348 e. The summed E-state index contributed by atoms with van der Waals surface area (Å²) in [5, 5.41) is 2.86. The SMILES string of the molecule is O=C(NCc1cccnc1)c1ccc(C(=O)N2CCCCCC2)cc1. The Hall–Kier alpha value is -2.69. The first-order valence-corrected chi connectivity index (χ1v) is 8.80. The van der Waals surface area contributed by atoms with Gasteiger partial charge in [-0.15, -0.1) is 0 Å². The van der Waals surface area contributed by atoms with Gasteiger partial charge in [-0.05, 0) is 48.7 Å². The van der Waals surface area contributed by atoms with E-state index in [-0.39, 0.29) is 11.8 Å². The van der Waals surface area contributed by atoms with Crippen molar-refractivity contribution in [1.82, 2.24) is 15.2 Å². The second-order valence-electron chi connectivity index (χ2n) is 6.33. The van der Waals surface area contributed by atoms with Crippen molar-refractivity contribution >= 4 is 11.8 Å². The van der Waals surface area contributed by atoms with Crippen molar-refractivity contribution in [1.29, 1.82) is 0 Å². The molecule has 0 spiro atoms. The fourth-order valence-corrected chi connectivity index (χ4v) is 3.01. The molecule has 0 bridgehead atoms. The van der Waals surface area contributed by atoms with E-state index in [1.54, 1.807) is 36.7 Å². The van der Waals surface area contributed by atoms with Gasteiger partial charge < -0.3 is 10.2 Å². The van der Waals surface area contributed by atoms with E-state index in [0.29, 0.717) is 17.7 Å². The predicted octanol–water partition coefficient (Wildman–Crippen LogP) is 3.03. The number of carbonyl (C=O) groups excluding carboxylic acids is 2. The van der Waals surface area contributed by atoms with Crippen molar-refractivity contribution in [2.24, 2.45) is 0 Å². The van der Waals surface area contributed by atoms with Crippen molar-refractivity contribution in [3.05, 3.63) is 65.5 Å². The van der Waals surface area contributed by atoms with E-state index in [1.807, 2.05) is 17.0 Å². The molecule has 2 aromatic rings. The second kappa shape index (κ2) is 8.42. The molecule has 0 atom stereocenters. The number of carbonyl (C=O) groups is 2. The number of nitrogens with one attached hydrogen (secondary N) is 1. The Bertz CT molecular complexity index is 705. The highest BCUT2D eigenvalue weighted by Gasteiger charge is 2.17. The summed E-state index contributed by atoms with van der Waals surface area (Å²) < 4.78 is 0. The van der Waals surface area contributed by atoms with Gasteiger partial charge in [0.25, 0.3) is 11.8 Å². The van der Waals surface area contributed by atoms with Gasteiger partial charge in [-0.1, -0.05) is 18.9 Å². The molecule has 130 valence electrons. The molecule has 2 amide bonds. The number of nitrogens with zero attached hydrogens (tertiary/aromatic N) is 2. The number of likely N-dealkylation sites (tertiary alicyclic amines) is 1.